The number of carbonyl (C=O) groups excluding carboxylic acids is 1. The Bertz CT molecular complexity index is 933. The van der Waals surface area contributed by atoms with E-state index >= 15 is 0 Å². The van der Waals surface area contributed by atoms with Crippen molar-refractivity contribution in [2.75, 3.05) is 0 Å². The maximum Gasteiger partial charge on any atom is 0.273 e. The Morgan fingerprint density at radius 1 is 1.12 bits per heavy atom. The fourth-order valence-electron chi connectivity index (χ4n) is 2.58. The molecule has 0 fully saturated rings. The van der Waals surface area contributed by atoms with Crippen molar-refractivity contribution in [3.63, 3.8) is 0 Å². The van der Waals surface area contributed by atoms with Gasteiger partial charge in [0.1, 0.15) is 5.92 Å². The second-order valence-corrected chi connectivity index (χ2v) is 6.31. The molecule has 0 bridgehead atoms. The van der Waals surface area contributed by atoms with Crippen LogP contribution in [0.1, 0.15) is 28.3 Å². The highest BCUT2D eigenvalue weighted by atomic mass is 35.5. The van der Waals surface area contributed by atoms with Crippen molar-refractivity contribution in [1.82, 2.24) is 0 Å². The topological polar surface area (TPSA) is 108 Å². The number of rotatable bonds is 6. The molecule has 1 unspecified atom stereocenters. The van der Waals surface area contributed by atoms with E-state index in [1.165, 1.54) is 24.3 Å². The van der Waals surface area contributed by atoms with Gasteiger partial charge in [0.25, 0.3) is 5.69 Å². The molecule has 0 aliphatic rings. The van der Waals surface area contributed by atoms with Crippen LogP contribution in [0.25, 0.3) is 0 Å². The van der Waals surface area contributed by atoms with Crippen LogP contribution in [0.3, 0.4) is 0 Å². The van der Waals surface area contributed by atoms with Crippen LogP contribution >= 0.6 is 23.2 Å². The van der Waals surface area contributed by atoms with E-state index in [1.807, 2.05) is 0 Å². The molecule has 2 rings (SSSR count). The molecule has 8 heteroatoms. The summed E-state index contributed by atoms with van der Waals surface area (Å²) >= 11 is 11.8. The van der Waals surface area contributed by atoms with Gasteiger partial charge in [-0.2, -0.15) is 10.5 Å². The lowest BCUT2D eigenvalue weighted by Crippen LogP contribution is -2.16. The molecule has 130 valence electrons. The maximum atomic E-state index is 12.6. The number of hydrogen-bond donors (Lipinski definition) is 0. The maximum absolute atomic E-state index is 12.6. The van der Waals surface area contributed by atoms with E-state index in [-0.39, 0.29) is 28.5 Å². The molecule has 0 spiro atoms. The van der Waals surface area contributed by atoms with Gasteiger partial charge in [0.05, 0.1) is 17.1 Å². The molecule has 0 saturated carbocycles. The van der Waals surface area contributed by atoms with Crippen LogP contribution in [0.15, 0.2) is 42.5 Å². The number of Topliss-reactive ketones (excluding diaryl/α,β-unsaturated/α-hetero) is 1. The number of benzene rings is 2. The average molecular weight is 388 g/mol. The zero-order chi connectivity index (χ0) is 19.3. The van der Waals surface area contributed by atoms with E-state index in [0.29, 0.717) is 10.6 Å². The first-order valence-electron chi connectivity index (χ1n) is 7.39. The summed E-state index contributed by atoms with van der Waals surface area (Å²) in [5.41, 5.74) is 0.0709. The lowest BCUT2D eigenvalue weighted by molar-refractivity contribution is -0.385. The van der Waals surface area contributed by atoms with Crippen LogP contribution in [-0.4, -0.2) is 10.7 Å². The number of nitrogens with zero attached hydrogens (tertiary/aromatic N) is 3. The van der Waals surface area contributed by atoms with Crippen molar-refractivity contribution < 1.29 is 9.72 Å². The summed E-state index contributed by atoms with van der Waals surface area (Å²) in [5, 5.41) is 30.5. The summed E-state index contributed by atoms with van der Waals surface area (Å²) in [4.78, 5) is 23.3. The van der Waals surface area contributed by atoms with Crippen LogP contribution < -0.4 is 0 Å². The molecule has 0 aliphatic carbocycles. The van der Waals surface area contributed by atoms with E-state index in [2.05, 4.69) is 0 Å². The van der Waals surface area contributed by atoms with Crippen molar-refractivity contribution in [3.05, 3.63) is 73.8 Å². The molecule has 0 radical (unpaired) electrons. The third kappa shape index (κ3) is 4.37. The van der Waals surface area contributed by atoms with Crippen molar-refractivity contribution in [2.45, 2.75) is 12.3 Å². The number of ketones is 1. The van der Waals surface area contributed by atoms with Gasteiger partial charge in [-0.25, -0.2) is 0 Å². The van der Waals surface area contributed by atoms with E-state index in [4.69, 9.17) is 23.2 Å². The van der Waals surface area contributed by atoms with Gasteiger partial charge < -0.3 is 0 Å². The summed E-state index contributed by atoms with van der Waals surface area (Å²) in [6, 6.07) is 13.7. The van der Waals surface area contributed by atoms with Crippen molar-refractivity contribution in [1.29, 1.82) is 10.5 Å². The van der Waals surface area contributed by atoms with E-state index in [1.54, 1.807) is 30.3 Å². The normalized spacial score (nSPS) is 11.4. The number of nitriles is 2. The monoisotopic (exact) mass is 387 g/mol. The summed E-state index contributed by atoms with van der Waals surface area (Å²) < 4.78 is 0. The Labute approximate surface area is 159 Å². The van der Waals surface area contributed by atoms with Crippen LogP contribution in [-0.2, 0) is 0 Å². The molecule has 2 aromatic carbocycles. The Morgan fingerprint density at radius 3 is 2.35 bits per heavy atom. The van der Waals surface area contributed by atoms with Crippen LogP contribution in [0.4, 0.5) is 5.69 Å². The molecule has 0 aromatic heterocycles. The van der Waals surface area contributed by atoms with Gasteiger partial charge >= 0.3 is 0 Å². The number of carbonyl (C=O) groups is 1. The predicted molar refractivity (Wildman–Crippen MR) is 96.0 cm³/mol. The first-order valence-corrected chi connectivity index (χ1v) is 8.14. The predicted octanol–water partition coefficient (Wildman–Crippen LogP) is 4.92. The second-order valence-electron chi connectivity index (χ2n) is 5.44. The Hall–Kier alpha value is -2.93. The first-order chi connectivity index (χ1) is 12.4. The third-order valence-electron chi connectivity index (χ3n) is 3.82. The number of halogens is 2. The number of hydrogen-bond acceptors (Lipinski definition) is 5. The minimum atomic E-state index is -1.25. The van der Waals surface area contributed by atoms with E-state index in [0.717, 1.165) is 0 Å². The highest BCUT2D eigenvalue weighted by molar-refractivity contribution is 6.31. The molecule has 0 saturated heterocycles. The molecule has 0 N–H and O–H groups in total. The van der Waals surface area contributed by atoms with E-state index < -0.39 is 16.8 Å². The van der Waals surface area contributed by atoms with Crippen molar-refractivity contribution in [2.24, 2.45) is 5.92 Å². The van der Waals surface area contributed by atoms with Crippen molar-refractivity contribution in [3.8, 4) is 12.1 Å². The quantitative estimate of drug-likeness (QED) is 0.396. The van der Waals surface area contributed by atoms with E-state index in [9.17, 15) is 25.4 Å². The van der Waals surface area contributed by atoms with Crippen molar-refractivity contribution >= 4 is 34.7 Å². The molecule has 2 aromatic rings. The fourth-order valence-corrected chi connectivity index (χ4v) is 2.96. The smallest absolute Gasteiger partial charge is 0.273 e. The molecule has 6 nitrogen and oxygen atoms in total. The SMILES string of the molecule is N#CC(C#N)C(CC(=O)c1cccc(Cl)c1)c1cc(Cl)ccc1[N+](=O)[O-]. The third-order valence-corrected chi connectivity index (χ3v) is 4.29. The molecule has 0 amide bonds. The van der Waals surface area contributed by atoms with Gasteiger partial charge in [0.15, 0.2) is 5.78 Å². The highest BCUT2D eigenvalue weighted by Gasteiger charge is 2.32. The standard InChI is InChI=1S/C18H11Cl2N3O3/c19-13-3-1-2-11(6-13)18(24)8-15(12(9-21)10-22)16-7-14(20)4-5-17(16)23(25)26/h1-7,12,15H,8H2. The molecular formula is C18H11Cl2N3O3. The average Bonchev–Trinajstić information content (AvgIpc) is 2.61. The number of nitro benzene ring substituents is 1. The van der Waals surface area contributed by atoms with Crippen LogP contribution in [0.2, 0.25) is 10.0 Å². The Balaban J connectivity index is 2.51. The van der Waals surface area contributed by atoms with Gasteiger partial charge in [0.2, 0.25) is 0 Å². The van der Waals surface area contributed by atoms with Gasteiger partial charge in [-0.1, -0.05) is 35.3 Å². The fraction of sp³-hybridized carbons (Fsp3) is 0.167. The van der Waals surface area contributed by atoms with Gasteiger partial charge in [-0.3, -0.25) is 14.9 Å². The summed E-state index contributed by atoms with van der Waals surface area (Å²) in [5.74, 6) is -2.65. The molecule has 0 heterocycles. The lowest BCUT2D eigenvalue weighted by atomic mass is 9.82. The summed E-state index contributed by atoms with van der Waals surface area (Å²) in [7, 11) is 0. The first kappa shape index (κ1) is 19.4. The zero-order valence-corrected chi connectivity index (χ0v) is 14.7. The minimum Gasteiger partial charge on any atom is -0.294 e. The van der Waals surface area contributed by atoms with Gasteiger partial charge in [0, 0.05) is 39.6 Å². The van der Waals surface area contributed by atoms with Gasteiger partial charge in [-0.05, 0) is 24.3 Å². The number of nitro groups is 1. The lowest BCUT2D eigenvalue weighted by Gasteiger charge is -2.17. The summed E-state index contributed by atoms with van der Waals surface area (Å²) in [6.45, 7) is 0. The second kappa shape index (κ2) is 8.44. The van der Waals surface area contributed by atoms with Gasteiger partial charge in [-0.15, -0.1) is 0 Å². The highest BCUT2D eigenvalue weighted by Crippen LogP contribution is 2.37. The molecular weight excluding hydrogens is 377 g/mol. The summed E-state index contributed by atoms with van der Waals surface area (Å²) in [6.07, 6.45) is -0.271. The largest absolute Gasteiger partial charge is 0.294 e. The molecule has 0 aliphatic heterocycles. The Morgan fingerprint density at radius 2 is 1.77 bits per heavy atom. The molecule has 1 atom stereocenters. The Kier molecular flexibility index (Phi) is 6.30. The zero-order valence-electron chi connectivity index (χ0n) is 13.2. The van der Waals surface area contributed by atoms with Crippen LogP contribution in [0.5, 0.6) is 0 Å². The van der Waals surface area contributed by atoms with Crippen LogP contribution in [0, 0.1) is 38.7 Å². The minimum absolute atomic E-state index is 0.0750. The molecule has 26 heavy (non-hydrogen) atoms.